The number of anilines is 1. The first-order valence-corrected chi connectivity index (χ1v) is 13.4. The molecule has 41 heavy (non-hydrogen) atoms. The van der Waals surface area contributed by atoms with Gasteiger partial charge in [-0.25, -0.2) is 0 Å². The highest BCUT2D eigenvalue weighted by molar-refractivity contribution is 5.98. The molecule has 3 aromatic rings. The van der Waals surface area contributed by atoms with Gasteiger partial charge >= 0.3 is 0 Å². The molecule has 1 fully saturated rings. The largest absolute Gasteiger partial charge is 0.497 e. The third-order valence-electron chi connectivity index (χ3n) is 7.39. The van der Waals surface area contributed by atoms with Crippen molar-refractivity contribution >= 4 is 17.5 Å². The number of hydrogen-bond acceptors (Lipinski definition) is 8. The topological polar surface area (TPSA) is 105 Å². The lowest BCUT2D eigenvalue weighted by molar-refractivity contribution is -0.129. The van der Waals surface area contributed by atoms with Crippen molar-refractivity contribution in [3.63, 3.8) is 0 Å². The molecule has 3 aromatic carbocycles. The molecule has 1 N–H and O–H groups in total. The van der Waals surface area contributed by atoms with E-state index in [2.05, 4.69) is 5.32 Å². The van der Waals surface area contributed by atoms with Crippen LogP contribution in [-0.4, -0.2) is 59.5 Å². The van der Waals surface area contributed by atoms with E-state index in [1.165, 1.54) is 21.3 Å². The molecule has 5 rings (SSSR count). The molecule has 0 radical (unpaired) electrons. The molecule has 10 nitrogen and oxygen atoms in total. The quantitative estimate of drug-likeness (QED) is 0.415. The molecule has 216 valence electrons. The van der Waals surface area contributed by atoms with Crippen LogP contribution < -0.4 is 38.6 Å². The number of carbonyl (C=O) groups excluding carboxylic acids is 2. The van der Waals surface area contributed by atoms with Gasteiger partial charge in [0.1, 0.15) is 18.5 Å². The van der Waals surface area contributed by atoms with Gasteiger partial charge in [-0.1, -0.05) is 24.3 Å². The van der Waals surface area contributed by atoms with Gasteiger partial charge in [0.05, 0.1) is 52.6 Å². The first-order valence-electron chi connectivity index (χ1n) is 13.4. The van der Waals surface area contributed by atoms with E-state index in [4.69, 9.17) is 28.4 Å². The molecule has 10 heteroatoms. The van der Waals surface area contributed by atoms with Crippen LogP contribution in [-0.2, 0) is 9.59 Å². The number of rotatable bonds is 9. The van der Waals surface area contributed by atoms with Crippen LogP contribution in [0, 0.1) is 5.92 Å². The second-order valence-corrected chi connectivity index (χ2v) is 9.75. The standard InChI is InChI=1S/C31H34N2O8/c1-36-21-11-9-19(10-12-21)29-23(31(35)32-17-22-18-40-24-7-5-6-8-25(24)41-22)13-14-28(34)33(29)20-15-26(37-2)30(39-4)27(16-20)38-3/h5-12,15-16,22-23,29H,13-14,17-18H2,1-4H3,(H,32,35)/t22-,23-,29-/m1/s1. The van der Waals surface area contributed by atoms with Crippen LogP contribution in [0.1, 0.15) is 24.4 Å². The molecule has 0 unspecified atom stereocenters. The predicted octanol–water partition coefficient (Wildman–Crippen LogP) is 4.16. The van der Waals surface area contributed by atoms with Crippen molar-refractivity contribution in [1.82, 2.24) is 5.32 Å². The van der Waals surface area contributed by atoms with Gasteiger partial charge < -0.3 is 38.6 Å². The molecule has 0 aromatic heterocycles. The SMILES string of the molecule is COc1ccc([C@@H]2[C@H](C(=O)NC[C@@H]3COc4ccccc4O3)CCC(=O)N2c2cc(OC)c(OC)c(OC)c2)cc1. The third-order valence-corrected chi connectivity index (χ3v) is 7.39. The summed E-state index contributed by atoms with van der Waals surface area (Å²) < 4.78 is 33.8. The molecule has 2 aliphatic heterocycles. The maximum absolute atomic E-state index is 13.8. The minimum atomic E-state index is -0.603. The van der Waals surface area contributed by atoms with Gasteiger partial charge in [-0.15, -0.1) is 0 Å². The summed E-state index contributed by atoms with van der Waals surface area (Å²) >= 11 is 0. The van der Waals surface area contributed by atoms with Gasteiger partial charge in [0.2, 0.25) is 17.6 Å². The molecule has 2 aliphatic rings. The van der Waals surface area contributed by atoms with E-state index in [-0.39, 0.29) is 30.9 Å². The minimum Gasteiger partial charge on any atom is -0.497 e. The molecule has 2 amide bonds. The van der Waals surface area contributed by atoms with Crippen LogP contribution in [0.25, 0.3) is 0 Å². The van der Waals surface area contributed by atoms with Gasteiger partial charge in [-0.2, -0.15) is 0 Å². The van der Waals surface area contributed by atoms with Crippen LogP contribution in [0.2, 0.25) is 0 Å². The number of piperidine rings is 1. The van der Waals surface area contributed by atoms with E-state index in [9.17, 15) is 9.59 Å². The zero-order valence-corrected chi connectivity index (χ0v) is 23.5. The molecular weight excluding hydrogens is 528 g/mol. The lowest BCUT2D eigenvalue weighted by Crippen LogP contribution is -2.50. The van der Waals surface area contributed by atoms with Gasteiger partial charge in [0.15, 0.2) is 23.0 Å². The van der Waals surface area contributed by atoms with Crippen LogP contribution in [0.3, 0.4) is 0 Å². The number of fused-ring (bicyclic) bond motifs is 1. The highest BCUT2D eigenvalue weighted by Crippen LogP contribution is 2.46. The summed E-state index contributed by atoms with van der Waals surface area (Å²) in [6.07, 6.45) is 0.232. The average Bonchev–Trinajstić information content (AvgIpc) is 3.02. The van der Waals surface area contributed by atoms with E-state index < -0.39 is 12.0 Å². The van der Waals surface area contributed by atoms with Gasteiger partial charge in [0, 0.05) is 18.6 Å². The Morgan fingerprint density at radius 1 is 0.927 bits per heavy atom. The van der Waals surface area contributed by atoms with Gasteiger partial charge in [-0.3, -0.25) is 9.59 Å². The van der Waals surface area contributed by atoms with E-state index >= 15 is 0 Å². The number of nitrogens with zero attached hydrogens (tertiary/aromatic N) is 1. The lowest BCUT2D eigenvalue weighted by Gasteiger charge is -2.41. The second kappa shape index (κ2) is 12.3. The fourth-order valence-corrected chi connectivity index (χ4v) is 5.37. The Hall–Kier alpha value is -4.60. The summed E-state index contributed by atoms with van der Waals surface area (Å²) in [6, 6.07) is 17.7. The fraction of sp³-hybridized carbons (Fsp3) is 0.355. The average molecular weight is 563 g/mol. The first-order chi connectivity index (χ1) is 20.0. The number of amides is 2. The fourth-order valence-electron chi connectivity index (χ4n) is 5.37. The Bertz CT molecular complexity index is 1370. The number of ether oxygens (including phenoxy) is 6. The van der Waals surface area contributed by atoms with Crippen molar-refractivity contribution in [2.75, 3.05) is 46.5 Å². The summed E-state index contributed by atoms with van der Waals surface area (Å²) in [5.74, 6) is 2.38. The highest BCUT2D eigenvalue weighted by Gasteiger charge is 2.42. The zero-order chi connectivity index (χ0) is 28.9. The van der Waals surface area contributed by atoms with Crippen molar-refractivity contribution in [2.45, 2.75) is 25.0 Å². The van der Waals surface area contributed by atoms with Crippen LogP contribution >= 0.6 is 0 Å². The van der Waals surface area contributed by atoms with Crippen molar-refractivity contribution in [3.8, 4) is 34.5 Å². The number of hydrogen-bond donors (Lipinski definition) is 1. The molecule has 1 saturated heterocycles. The van der Waals surface area contributed by atoms with Crippen LogP contribution in [0.15, 0.2) is 60.7 Å². The summed E-state index contributed by atoms with van der Waals surface area (Å²) in [6.45, 7) is 0.580. The highest BCUT2D eigenvalue weighted by atomic mass is 16.6. The predicted molar refractivity (Wildman–Crippen MR) is 151 cm³/mol. The first kappa shape index (κ1) is 27.9. The van der Waals surface area contributed by atoms with E-state index in [0.29, 0.717) is 53.2 Å². The number of methoxy groups -OCH3 is 4. The van der Waals surface area contributed by atoms with E-state index in [1.54, 1.807) is 24.1 Å². The summed E-state index contributed by atoms with van der Waals surface area (Å²) in [4.78, 5) is 29.0. The van der Waals surface area contributed by atoms with Crippen LogP contribution in [0.5, 0.6) is 34.5 Å². The molecule has 0 bridgehead atoms. The third kappa shape index (κ3) is 5.68. The second-order valence-electron chi connectivity index (χ2n) is 9.75. The minimum absolute atomic E-state index is 0.121. The molecular formula is C31H34N2O8. The number of nitrogens with one attached hydrogen (secondary N) is 1. The summed E-state index contributed by atoms with van der Waals surface area (Å²) in [5, 5.41) is 3.05. The van der Waals surface area contributed by atoms with Crippen molar-refractivity contribution in [2.24, 2.45) is 5.92 Å². The van der Waals surface area contributed by atoms with E-state index in [1.807, 2.05) is 48.5 Å². The van der Waals surface area contributed by atoms with Crippen molar-refractivity contribution < 1.29 is 38.0 Å². The normalized spacial score (nSPS) is 19.8. The van der Waals surface area contributed by atoms with Gasteiger partial charge in [0.25, 0.3) is 0 Å². The Morgan fingerprint density at radius 3 is 2.24 bits per heavy atom. The number of carbonyl (C=O) groups is 2. The van der Waals surface area contributed by atoms with E-state index in [0.717, 1.165) is 5.56 Å². The molecule has 0 aliphatic carbocycles. The maximum atomic E-state index is 13.8. The zero-order valence-electron chi connectivity index (χ0n) is 23.5. The van der Waals surface area contributed by atoms with Crippen molar-refractivity contribution in [1.29, 1.82) is 0 Å². The monoisotopic (exact) mass is 562 g/mol. The summed E-state index contributed by atoms with van der Waals surface area (Å²) in [7, 11) is 6.15. The molecule has 0 saturated carbocycles. The Kier molecular flexibility index (Phi) is 8.37. The Balaban J connectivity index is 1.46. The number of para-hydroxylation sites is 2. The Morgan fingerprint density at radius 2 is 1.61 bits per heavy atom. The van der Waals surface area contributed by atoms with Gasteiger partial charge in [-0.05, 0) is 36.2 Å². The maximum Gasteiger partial charge on any atom is 0.227 e. The molecule has 3 atom stereocenters. The number of benzene rings is 3. The lowest BCUT2D eigenvalue weighted by atomic mass is 9.83. The van der Waals surface area contributed by atoms with Crippen molar-refractivity contribution in [3.05, 3.63) is 66.2 Å². The smallest absolute Gasteiger partial charge is 0.227 e. The molecule has 2 heterocycles. The summed E-state index contributed by atoms with van der Waals surface area (Å²) in [5.41, 5.74) is 1.32. The molecule has 0 spiro atoms. The Labute approximate surface area is 239 Å². The van der Waals surface area contributed by atoms with Crippen LogP contribution in [0.4, 0.5) is 5.69 Å².